The van der Waals surface area contributed by atoms with Crippen LogP contribution in [0.5, 0.6) is 5.75 Å². The van der Waals surface area contributed by atoms with Crippen LogP contribution in [0.3, 0.4) is 0 Å². The smallest absolute Gasteiger partial charge is 0.419 e. The van der Waals surface area contributed by atoms with Crippen LogP contribution in [-0.2, 0) is 31.7 Å². The third-order valence-corrected chi connectivity index (χ3v) is 6.87. The summed E-state index contributed by atoms with van der Waals surface area (Å²) < 4.78 is 57.1. The second kappa shape index (κ2) is 11.8. The lowest BCUT2D eigenvalue weighted by Gasteiger charge is -2.38. The average molecular weight is 550 g/mol. The van der Waals surface area contributed by atoms with E-state index in [4.69, 9.17) is 14.2 Å². The molecule has 1 aromatic carbocycles. The first-order valence-corrected chi connectivity index (χ1v) is 13.2. The van der Waals surface area contributed by atoms with E-state index in [9.17, 15) is 22.8 Å². The van der Waals surface area contributed by atoms with E-state index in [1.54, 1.807) is 18.7 Å². The number of pyridine rings is 1. The number of hydrogen-bond donors (Lipinski definition) is 0. The maximum atomic E-state index is 13.7. The highest BCUT2D eigenvalue weighted by Crippen LogP contribution is 2.36. The minimum atomic E-state index is -4.53. The van der Waals surface area contributed by atoms with Gasteiger partial charge in [0, 0.05) is 46.2 Å². The zero-order chi connectivity index (χ0) is 28.2. The van der Waals surface area contributed by atoms with Gasteiger partial charge in [0.2, 0.25) is 11.7 Å². The monoisotopic (exact) mass is 549 g/mol. The summed E-state index contributed by atoms with van der Waals surface area (Å²) in [5, 5.41) is 0. The van der Waals surface area contributed by atoms with E-state index in [-0.39, 0.29) is 37.9 Å². The van der Waals surface area contributed by atoms with Crippen LogP contribution in [0.25, 0.3) is 0 Å². The largest absolute Gasteiger partial charge is 0.494 e. The zero-order valence-corrected chi connectivity index (χ0v) is 22.4. The Hall–Kier alpha value is -3.34. The number of cyclic esters (lactones) is 1. The molecule has 2 aliphatic heterocycles. The van der Waals surface area contributed by atoms with Gasteiger partial charge in [-0.1, -0.05) is 12.1 Å². The molecule has 2 atom stereocenters. The molecule has 0 aliphatic carbocycles. The fourth-order valence-corrected chi connectivity index (χ4v) is 5.02. The molecule has 0 N–H and O–H groups in total. The normalized spacial score (nSPS) is 20.1. The molecule has 8 nitrogen and oxygen atoms in total. The Morgan fingerprint density at radius 3 is 2.44 bits per heavy atom. The third kappa shape index (κ3) is 7.00. The van der Waals surface area contributed by atoms with Crippen LogP contribution >= 0.6 is 0 Å². The van der Waals surface area contributed by atoms with Gasteiger partial charge < -0.3 is 24.0 Å². The second-order valence-corrected chi connectivity index (χ2v) is 10.1. The quantitative estimate of drug-likeness (QED) is 0.427. The third-order valence-electron chi connectivity index (χ3n) is 6.87. The summed E-state index contributed by atoms with van der Waals surface area (Å²) in [7, 11) is 0. The van der Waals surface area contributed by atoms with Crippen LogP contribution in [0.4, 0.5) is 19.0 Å². The molecule has 11 heteroatoms. The summed E-state index contributed by atoms with van der Waals surface area (Å²) in [4.78, 5) is 33.4. The number of benzene rings is 1. The van der Waals surface area contributed by atoms with Gasteiger partial charge in [0.1, 0.15) is 11.6 Å². The van der Waals surface area contributed by atoms with Gasteiger partial charge in [-0.3, -0.25) is 4.79 Å². The number of aromatic nitrogens is 1. The molecular weight excluding hydrogens is 515 g/mol. The van der Waals surface area contributed by atoms with Crippen LogP contribution in [0, 0.1) is 5.92 Å². The van der Waals surface area contributed by atoms with Crippen molar-refractivity contribution < 1.29 is 37.0 Å². The summed E-state index contributed by atoms with van der Waals surface area (Å²) in [5.41, 5.74) is 0.269. The van der Waals surface area contributed by atoms with Gasteiger partial charge in [0.05, 0.1) is 18.1 Å². The number of amides is 1. The number of alkyl halides is 3. The number of carbonyl (C=O) groups is 2. The Bertz CT molecular complexity index is 1150. The predicted octanol–water partition coefficient (Wildman–Crippen LogP) is 4.46. The lowest BCUT2D eigenvalue weighted by atomic mass is 9.92. The molecule has 1 aromatic heterocycles. The Morgan fingerprint density at radius 2 is 1.85 bits per heavy atom. The topological polar surface area (TPSA) is 81.2 Å². The molecule has 0 bridgehead atoms. The van der Waals surface area contributed by atoms with Crippen molar-refractivity contribution in [3.8, 4) is 5.75 Å². The van der Waals surface area contributed by atoms with E-state index >= 15 is 0 Å². The lowest BCUT2D eigenvalue weighted by molar-refractivity contribution is -0.163. The molecule has 2 saturated heterocycles. The van der Waals surface area contributed by atoms with Gasteiger partial charge in [0.25, 0.3) is 0 Å². The Labute approximate surface area is 226 Å². The molecule has 0 unspecified atom stereocenters. The zero-order valence-electron chi connectivity index (χ0n) is 22.4. The number of anilines is 1. The predicted molar refractivity (Wildman–Crippen MR) is 137 cm³/mol. The Kier molecular flexibility index (Phi) is 8.68. The number of piperazine rings is 1. The maximum Gasteiger partial charge on any atom is 0.419 e. The maximum absolute atomic E-state index is 13.7. The molecule has 1 amide bonds. The fraction of sp³-hybridized carbons (Fsp3) is 0.536. The minimum absolute atomic E-state index is 0.145. The van der Waals surface area contributed by atoms with Crippen molar-refractivity contribution in [2.24, 2.45) is 5.92 Å². The standard InChI is InChI=1S/C28H34F3N3O5/c1-4-37-20-12-10-19(11-13-20)7-5-8-21(23-26(36)39-27(2,3)38-23)25(35)34-17-15-33(16-18-34)24-22(28(29,30)31)9-6-14-32-24/h6,9-14,21,23H,4-5,7-8,15-18H2,1-3H3/t21-,23+/m1/s1. The summed E-state index contributed by atoms with van der Waals surface area (Å²) in [6.45, 7) is 6.52. The average Bonchev–Trinajstić information content (AvgIpc) is 3.18. The van der Waals surface area contributed by atoms with Crippen molar-refractivity contribution in [2.45, 2.75) is 58.1 Å². The summed E-state index contributed by atoms with van der Waals surface area (Å²) in [5.74, 6) is -2.12. The fourth-order valence-electron chi connectivity index (χ4n) is 5.02. The Morgan fingerprint density at radius 1 is 1.15 bits per heavy atom. The summed E-state index contributed by atoms with van der Waals surface area (Å²) in [6, 6.07) is 9.99. The van der Waals surface area contributed by atoms with E-state index < -0.39 is 35.5 Å². The molecule has 4 rings (SSSR count). The number of rotatable bonds is 9. The molecular formula is C28H34F3N3O5. The molecule has 2 aliphatic rings. The van der Waals surface area contributed by atoms with Crippen LogP contribution in [0.2, 0.25) is 0 Å². The molecule has 2 fully saturated rings. The first kappa shape index (κ1) is 28.7. The molecule has 2 aromatic rings. The number of hydrogen-bond acceptors (Lipinski definition) is 7. The first-order valence-electron chi connectivity index (χ1n) is 13.2. The number of esters is 1. The van der Waals surface area contributed by atoms with Crippen LogP contribution in [0.1, 0.15) is 44.7 Å². The minimum Gasteiger partial charge on any atom is -0.494 e. The Balaban J connectivity index is 1.43. The van der Waals surface area contributed by atoms with Gasteiger partial charge in [-0.25, -0.2) is 9.78 Å². The number of ether oxygens (including phenoxy) is 3. The highest BCUT2D eigenvalue weighted by atomic mass is 19.4. The lowest BCUT2D eigenvalue weighted by Crippen LogP contribution is -2.53. The van der Waals surface area contributed by atoms with Crippen LogP contribution in [0.15, 0.2) is 42.6 Å². The van der Waals surface area contributed by atoms with Crippen molar-refractivity contribution in [3.05, 3.63) is 53.7 Å². The van der Waals surface area contributed by atoms with Crippen LogP contribution in [-0.4, -0.2) is 66.4 Å². The van der Waals surface area contributed by atoms with E-state index in [0.717, 1.165) is 17.4 Å². The van der Waals surface area contributed by atoms with Gasteiger partial charge in [-0.05, 0) is 56.0 Å². The molecule has 212 valence electrons. The summed E-state index contributed by atoms with van der Waals surface area (Å²) in [6.07, 6.45) is -2.54. The molecule has 39 heavy (non-hydrogen) atoms. The number of halogens is 3. The SMILES string of the molecule is CCOc1ccc(CCC[C@@H](C(=O)N2CCN(c3ncccc3C(F)(F)F)CC2)[C@@H]2OC(C)(C)OC2=O)cc1. The van der Waals surface area contributed by atoms with Gasteiger partial charge >= 0.3 is 12.1 Å². The van der Waals surface area contributed by atoms with E-state index in [1.165, 1.54) is 17.2 Å². The van der Waals surface area contributed by atoms with Crippen molar-refractivity contribution >= 4 is 17.7 Å². The highest BCUT2D eigenvalue weighted by Gasteiger charge is 2.48. The van der Waals surface area contributed by atoms with Crippen molar-refractivity contribution in [1.29, 1.82) is 0 Å². The highest BCUT2D eigenvalue weighted by molar-refractivity contribution is 5.88. The van der Waals surface area contributed by atoms with Crippen LogP contribution < -0.4 is 9.64 Å². The number of nitrogens with zero attached hydrogens (tertiary/aromatic N) is 3. The summed E-state index contributed by atoms with van der Waals surface area (Å²) >= 11 is 0. The molecule has 0 radical (unpaired) electrons. The van der Waals surface area contributed by atoms with Gasteiger partial charge in [-0.15, -0.1) is 0 Å². The van der Waals surface area contributed by atoms with Crippen molar-refractivity contribution in [2.75, 3.05) is 37.7 Å². The number of aryl methyl sites for hydroxylation is 1. The van der Waals surface area contributed by atoms with Crippen molar-refractivity contribution in [1.82, 2.24) is 9.88 Å². The second-order valence-electron chi connectivity index (χ2n) is 10.1. The molecule has 3 heterocycles. The van der Waals surface area contributed by atoms with Gasteiger partial charge in [0.15, 0.2) is 6.10 Å². The molecule has 0 saturated carbocycles. The van der Waals surface area contributed by atoms with Crippen molar-refractivity contribution in [3.63, 3.8) is 0 Å². The van der Waals surface area contributed by atoms with E-state index in [2.05, 4.69) is 4.98 Å². The molecule has 0 spiro atoms. The number of carbonyl (C=O) groups excluding carboxylic acids is 2. The first-order chi connectivity index (χ1) is 18.5. The van der Waals surface area contributed by atoms with E-state index in [1.807, 2.05) is 31.2 Å². The van der Waals surface area contributed by atoms with Gasteiger partial charge in [-0.2, -0.15) is 13.2 Å². The van der Waals surface area contributed by atoms with E-state index in [0.29, 0.717) is 25.9 Å².